The van der Waals surface area contributed by atoms with Crippen LogP contribution in [0.25, 0.3) is 0 Å². The summed E-state index contributed by atoms with van der Waals surface area (Å²) in [6.07, 6.45) is -0.153. The molecule has 2 rings (SSSR count). The summed E-state index contributed by atoms with van der Waals surface area (Å²) in [5, 5.41) is 9.92. The first-order valence-corrected chi connectivity index (χ1v) is 7.01. The highest BCUT2D eigenvalue weighted by atomic mass is 32.2. The van der Waals surface area contributed by atoms with E-state index in [2.05, 4.69) is 0 Å². The third kappa shape index (κ3) is 3.02. The molecule has 0 bridgehead atoms. The molecule has 0 heterocycles. The standard InChI is InChI=1S/C14H19FOS/c1-9-3-6-11(7-4-9)17-12-8-5-10(2)13(15)14(12)16/h3-4,6-7,10,12-14,16H,5,8H2,1-2H3/t10-,12-,13+,14-/m0/s1. The smallest absolute Gasteiger partial charge is 0.130 e. The normalized spacial score (nSPS) is 33.6. The molecule has 1 aliphatic carbocycles. The highest BCUT2D eigenvalue weighted by molar-refractivity contribution is 8.00. The number of thioether (sulfide) groups is 1. The molecule has 0 unspecified atom stereocenters. The van der Waals surface area contributed by atoms with Crippen LogP contribution in [0.1, 0.15) is 25.3 Å². The Morgan fingerprint density at radius 2 is 1.88 bits per heavy atom. The summed E-state index contributed by atoms with van der Waals surface area (Å²) < 4.78 is 13.7. The van der Waals surface area contributed by atoms with E-state index in [-0.39, 0.29) is 11.2 Å². The fraction of sp³-hybridized carbons (Fsp3) is 0.571. The molecule has 1 aromatic carbocycles. The third-order valence-electron chi connectivity index (χ3n) is 3.47. The fourth-order valence-corrected chi connectivity index (χ4v) is 3.41. The SMILES string of the molecule is Cc1ccc(S[C@H]2CC[C@H](C)[C@@H](F)[C@H]2O)cc1. The number of aliphatic hydroxyl groups excluding tert-OH is 1. The summed E-state index contributed by atoms with van der Waals surface area (Å²) in [5.41, 5.74) is 1.22. The van der Waals surface area contributed by atoms with Gasteiger partial charge in [0, 0.05) is 10.1 Å². The van der Waals surface area contributed by atoms with E-state index < -0.39 is 12.3 Å². The molecule has 0 aromatic heterocycles. The summed E-state index contributed by atoms with van der Waals surface area (Å²) in [5.74, 6) is -0.0140. The van der Waals surface area contributed by atoms with Gasteiger partial charge in [-0.1, -0.05) is 24.6 Å². The Morgan fingerprint density at radius 1 is 1.24 bits per heavy atom. The lowest BCUT2D eigenvalue weighted by atomic mass is 9.86. The van der Waals surface area contributed by atoms with Crippen molar-refractivity contribution in [2.45, 2.75) is 49.1 Å². The number of benzene rings is 1. The van der Waals surface area contributed by atoms with Gasteiger partial charge in [0.05, 0.1) is 6.10 Å². The predicted molar refractivity (Wildman–Crippen MR) is 70.1 cm³/mol. The number of alkyl halides is 1. The molecule has 0 amide bonds. The van der Waals surface area contributed by atoms with Gasteiger partial charge in [-0.05, 0) is 37.8 Å². The molecular formula is C14H19FOS. The van der Waals surface area contributed by atoms with Crippen molar-refractivity contribution in [2.75, 3.05) is 0 Å². The van der Waals surface area contributed by atoms with Crippen molar-refractivity contribution in [1.29, 1.82) is 0 Å². The Bertz CT molecular complexity index is 365. The molecule has 1 aromatic rings. The van der Waals surface area contributed by atoms with Crippen LogP contribution in [-0.2, 0) is 0 Å². The van der Waals surface area contributed by atoms with Crippen LogP contribution in [-0.4, -0.2) is 22.6 Å². The molecule has 0 aliphatic heterocycles. The maximum atomic E-state index is 13.7. The van der Waals surface area contributed by atoms with E-state index in [9.17, 15) is 9.50 Å². The van der Waals surface area contributed by atoms with Gasteiger partial charge in [-0.2, -0.15) is 0 Å². The van der Waals surface area contributed by atoms with E-state index in [1.54, 1.807) is 11.8 Å². The minimum absolute atomic E-state index is 0.0103. The predicted octanol–water partition coefficient (Wildman–Crippen LogP) is 3.58. The van der Waals surface area contributed by atoms with E-state index >= 15 is 0 Å². The van der Waals surface area contributed by atoms with Crippen LogP contribution in [0.4, 0.5) is 4.39 Å². The molecule has 0 saturated heterocycles. The summed E-state index contributed by atoms with van der Waals surface area (Å²) >= 11 is 1.60. The highest BCUT2D eigenvalue weighted by Crippen LogP contribution is 2.37. The van der Waals surface area contributed by atoms with Gasteiger partial charge < -0.3 is 5.11 Å². The van der Waals surface area contributed by atoms with Crippen molar-refractivity contribution in [2.24, 2.45) is 5.92 Å². The topological polar surface area (TPSA) is 20.2 Å². The second-order valence-electron chi connectivity index (χ2n) is 4.96. The lowest BCUT2D eigenvalue weighted by Gasteiger charge is -2.34. The summed E-state index contributed by atoms with van der Waals surface area (Å²) in [6.45, 7) is 3.92. The Morgan fingerprint density at radius 3 is 2.53 bits per heavy atom. The van der Waals surface area contributed by atoms with Gasteiger partial charge in [0.15, 0.2) is 0 Å². The van der Waals surface area contributed by atoms with Crippen molar-refractivity contribution in [1.82, 2.24) is 0 Å². The molecule has 0 spiro atoms. The maximum absolute atomic E-state index is 13.7. The molecule has 4 atom stereocenters. The molecule has 1 saturated carbocycles. The number of aliphatic hydroxyl groups is 1. The average molecular weight is 254 g/mol. The Hall–Kier alpha value is -0.540. The van der Waals surface area contributed by atoms with Gasteiger partial charge in [-0.25, -0.2) is 4.39 Å². The van der Waals surface area contributed by atoms with Crippen molar-refractivity contribution in [3.63, 3.8) is 0 Å². The average Bonchev–Trinajstić information content (AvgIpc) is 2.33. The lowest BCUT2D eigenvalue weighted by Crippen LogP contribution is -2.41. The maximum Gasteiger partial charge on any atom is 0.130 e. The van der Waals surface area contributed by atoms with E-state index in [4.69, 9.17) is 0 Å². The Kier molecular flexibility index (Phi) is 4.10. The van der Waals surface area contributed by atoms with Crippen LogP contribution in [0.3, 0.4) is 0 Å². The van der Waals surface area contributed by atoms with Gasteiger partial charge in [-0.3, -0.25) is 0 Å². The second-order valence-corrected chi connectivity index (χ2v) is 6.27. The van der Waals surface area contributed by atoms with Crippen molar-refractivity contribution >= 4 is 11.8 Å². The largest absolute Gasteiger partial charge is 0.389 e. The lowest BCUT2D eigenvalue weighted by molar-refractivity contribution is 0.0184. The van der Waals surface area contributed by atoms with Crippen LogP contribution in [0, 0.1) is 12.8 Å². The molecule has 1 N–H and O–H groups in total. The first kappa shape index (κ1) is 12.9. The van der Waals surface area contributed by atoms with E-state index in [0.717, 1.165) is 17.7 Å². The molecule has 1 aliphatic rings. The van der Waals surface area contributed by atoms with Gasteiger partial charge >= 0.3 is 0 Å². The molecular weight excluding hydrogens is 235 g/mol. The molecule has 1 fully saturated rings. The van der Waals surface area contributed by atoms with Crippen LogP contribution in [0.2, 0.25) is 0 Å². The van der Waals surface area contributed by atoms with Crippen LogP contribution in [0.15, 0.2) is 29.2 Å². The first-order valence-electron chi connectivity index (χ1n) is 6.13. The fourth-order valence-electron chi connectivity index (χ4n) is 2.22. The highest BCUT2D eigenvalue weighted by Gasteiger charge is 2.36. The zero-order chi connectivity index (χ0) is 12.4. The zero-order valence-electron chi connectivity index (χ0n) is 10.3. The number of rotatable bonds is 2. The van der Waals surface area contributed by atoms with E-state index in [1.807, 2.05) is 38.1 Å². The molecule has 0 radical (unpaired) electrons. The van der Waals surface area contributed by atoms with Crippen molar-refractivity contribution in [3.8, 4) is 0 Å². The van der Waals surface area contributed by atoms with E-state index in [0.29, 0.717) is 0 Å². The first-order chi connectivity index (χ1) is 8.08. The minimum Gasteiger partial charge on any atom is -0.389 e. The molecule has 94 valence electrons. The molecule has 3 heteroatoms. The Labute approximate surface area is 106 Å². The van der Waals surface area contributed by atoms with E-state index in [1.165, 1.54) is 5.56 Å². The zero-order valence-corrected chi connectivity index (χ0v) is 11.1. The second kappa shape index (κ2) is 5.40. The molecule has 1 nitrogen and oxygen atoms in total. The molecule has 17 heavy (non-hydrogen) atoms. The van der Waals surface area contributed by atoms with Crippen molar-refractivity contribution < 1.29 is 9.50 Å². The number of hydrogen-bond acceptors (Lipinski definition) is 2. The summed E-state index contributed by atoms with van der Waals surface area (Å²) in [7, 11) is 0. The van der Waals surface area contributed by atoms with Crippen LogP contribution < -0.4 is 0 Å². The summed E-state index contributed by atoms with van der Waals surface area (Å²) in [4.78, 5) is 1.11. The number of aryl methyl sites for hydroxylation is 1. The third-order valence-corrected chi connectivity index (χ3v) is 4.83. The minimum atomic E-state index is -1.08. The van der Waals surface area contributed by atoms with Gasteiger partial charge in [0.25, 0.3) is 0 Å². The van der Waals surface area contributed by atoms with Crippen LogP contribution >= 0.6 is 11.8 Å². The van der Waals surface area contributed by atoms with Crippen LogP contribution in [0.5, 0.6) is 0 Å². The monoisotopic (exact) mass is 254 g/mol. The number of hydrogen-bond donors (Lipinski definition) is 1. The quantitative estimate of drug-likeness (QED) is 0.870. The van der Waals surface area contributed by atoms with Gasteiger partial charge in [0.1, 0.15) is 6.17 Å². The Balaban J connectivity index is 2.01. The van der Waals surface area contributed by atoms with Crippen molar-refractivity contribution in [3.05, 3.63) is 29.8 Å². The van der Waals surface area contributed by atoms with Gasteiger partial charge in [-0.15, -0.1) is 11.8 Å². The van der Waals surface area contributed by atoms with Gasteiger partial charge in [0.2, 0.25) is 0 Å². The summed E-state index contributed by atoms with van der Waals surface area (Å²) in [6, 6.07) is 8.18. The number of halogens is 1.